The molecule has 2 aromatic heterocycles. The number of rotatable bonds is 3. The number of fused-ring (bicyclic) bond motifs is 1. The number of halogens is 1. The Bertz CT molecular complexity index is 1000. The smallest absolute Gasteiger partial charge is 0.269 e. The number of carbonyl (C=O) groups excluding carboxylic acids is 1. The lowest BCUT2D eigenvalue weighted by Gasteiger charge is -2.07. The van der Waals surface area contributed by atoms with Crippen LogP contribution in [0.1, 0.15) is 32.9 Å². The predicted octanol–water partition coefficient (Wildman–Crippen LogP) is 3.36. The lowest BCUT2D eigenvalue weighted by molar-refractivity contribution is 0.0947. The lowest BCUT2D eigenvalue weighted by atomic mass is 10.1. The molecule has 3 aromatic rings. The van der Waals surface area contributed by atoms with Crippen LogP contribution >= 0.6 is 11.6 Å². The maximum Gasteiger partial charge on any atom is 0.269 e. The van der Waals surface area contributed by atoms with E-state index >= 15 is 0 Å². The van der Waals surface area contributed by atoms with E-state index < -0.39 is 0 Å². The summed E-state index contributed by atoms with van der Waals surface area (Å²) < 4.78 is 0. The van der Waals surface area contributed by atoms with Crippen molar-refractivity contribution >= 4 is 28.4 Å². The third-order valence-electron chi connectivity index (χ3n) is 4.04. The molecule has 0 aliphatic rings. The van der Waals surface area contributed by atoms with Crippen molar-refractivity contribution in [3.05, 3.63) is 67.7 Å². The number of aromatic amines is 2. The standard InChI is InChI=1S/C18H18ClN3O2/c1-9-4-5-14-12(6-9)15(19)16(22-14)18(24)20-8-13-10(2)7-11(3)21-17(13)23/h4-7,22H,8H2,1-3H3,(H,20,24)(H,21,23). The highest BCUT2D eigenvalue weighted by Crippen LogP contribution is 2.28. The van der Waals surface area contributed by atoms with Gasteiger partial charge in [0.2, 0.25) is 0 Å². The Morgan fingerprint density at radius 2 is 1.92 bits per heavy atom. The Hall–Kier alpha value is -2.53. The molecule has 2 heterocycles. The van der Waals surface area contributed by atoms with Gasteiger partial charge in [-0.25, -0.2) is 0 Å². The Morgan fingerprint density at radius 3 is 2.62 bits per heavy atom. The van der Waals surface area contributed by atoms with Gasteiger partial charge in [-0.15, -0.1) is 0 Å². The normalized spacial score (nSPS) is 11.0. The highest BCUT2D eigenvalue weighted by atomic mass is 35.5. The van der Waals surface area contributed by atoms with Gasteiger partial charge in [0.1, 0.15) is 5.69 Å². The molecule has 5 nitrogen and oxygen atoms in total. The third-order valence-corrected chi connectivity index (χ3v) is 4.43. The van der Waals surface area contributed by atoms with E-state index in [0.717, 1.165) is 27.7 Å². The molecule has 0 radical (unpaired) electrons. The monoisotopic (exact) mass is 343 g/mol. The first kappa shape index (κ1) is 16.3. The Morgan fingerprint density at radius 1 is 1.17 bits per heavy atom. The number of H-pyrrole nitrogens is 2. The second-order valence-corrected chi connectivity index (χ2v) is 6.37. The summed E-state index contributed by atoms with van der Waals surface area (Å²) in [5.41, 5.74) is 4.16. The average molecular weight is 344 g/mol. The van der Waals surface area contributed by atoms with Crippen molar-refractivity contribution < 1.29 is 4.79 Å². The molecule has 3 rings (SSSR count). The zero-order valence-electron chi connectivity index (χ0n) is 13.7. The van der Waals surface area contributed by atoms with E-state index in [0.29, 0.717) is 16.3 Å². The molecule has 0 aliphatic heterocycles. The number of aromatic nitrogens is 2. The van der Waals surface area contributed by atoms with Crippen molar-refractivity contribution in [1.82, 2.24) is 15.3 Å². The summed E-state index contributed by atoms with van der Waals surface area (Å²) in [6, 6.07) is 7.65. The van der Waals surface area contributed by atoms with Gasteiger partial charge in [-0.3, -0.25) is 9.59 Å². The van der Waals surface area contributed by atoms with Crippen molar-refractivity contribution in [3.63, 3.8) is 0 Å². The fourth-order valence-electron chi connectivity index (χ4n) is 2.79. The molecule has 0 unspecified atom stereocenters. The summed E-state index contributed by atoms with van der Waals surface area (Å²) in [5, 5.41) is 3.96. The van der Waals surface area contributed by atoms with E-state index in [4.69, 9.17) is 11.6 Å². The van der Waals surface area contributed by atoms with Gasteiger partial charge in [0.25, 0.3) is 11.5 Å². The maximum absolute atomic E-state index is 12.4. The number of hydrogen-bond acceptors (Lipinski definition) is 2. The number of pyridine rings is 1. The van der Waals surface area contributed by atoms with Crippen LogP contribution in [-0.4, -0.2) is 15.9 Å². The van der Waals surface area contributed by atoms with Gasteiger partial charge in [0.15, 0.2) is 0 Å². The molecule has 0 fully saturated rings. The van der Waals surface area contributed by atoms with Crippen LogP contribution in [0.5, 0.6) is 0 Å². The summed E-state index contributed by atoms with van der Waals surface area (Å²) in [6.45, 7) is 5.78. The van der Waals surface area contributed by atoms with E-state index in [2.05, 4.69) is 15.3 Å². The maximum atomic E-state index is 12.4. The van der Waals surface area contributed by atoms with Gasteiger partial charge >= 0.3 is 0 Å². The van der Waals surface area contributed by atoms with Crippen LogP contribution in [0.2, 0.25) is 5.02 Å². The molecule has 0 saturated carbocycles. The number of carbonyl (C=O) groups is 1. The van der Waals surface area contributed by atoms with Crippen LogP contribution < -0.4 is 10.9 Å². The average Bonchev–Trinajstić information content (AvgIpc) is 2.83. The zero-order valence-corrected chi connectivity index (χ0v) is 14.5. The van der Waals surface area contributed by atoms with Gasteiger partial charge in [0, 0.05) is 28.7 Å². The summed E-state index contributed by atoms with van der Waals surface area (Å²) >= 11 is 6.33. The SMILES string of the molecule is Cc1ccc2[nH]c(C(=O)NCc3c(C)cc(C)[nH]c3=O)c(Cl)c2c1. The largest absolute Gasteiger partial charge is 0.349 e. The molecular formula is C18H18ClN3O2. The summed E-state index contributed by atoms with van der Waals surface area (Å²) in [5.74, 6) is -0.340. The number of amides is 1. The summed E-state index contributed by atoms with van der Waals surface area (Å²) in [4.78, 5) is 30.2. The van der Waals surface area contributed by atoms with Crippen LogP contribution in [-0.2, 0) is 6.54 Å². The minimum atomic E-state index is -0.340. The molecule has 0 spiro atoms. The Labute approximate surface area is 144 Å². The Kier molecular flexibility index (Phi) is 4.20. The second-order valence-electron chi connectivity index (χ2n) is 5.99. The van der Waals surface area contributed by atoms with Gasteiger partial charge in [-0.1, -0.05) is 23.2 Å². The summed E-state index contributed by atoms with van der Waals surface area (Å²) in [7, 11) is 0. The quantitative estimate of drug-likeness (QED) is 0.681. The van der Waals surface area contributed by atoms with Gasteiger partial charge in [-0.05, 0) is 44.5 Å². The second kappa shape index (κ2) is 6.17. The lowest BCUT2D eigenvalue weighted by Crippen LogP contribution is -2.28. The molecule has 0 aliphatic carbocycles. The molecule has 0 saturated heterocycles. The topological polar surface area (TPSA) is 77.8 Å². The highest BCUT2D eigenvalue weighted by molar-refractivity contribution is 6.38. The minimum absolute atomic E-state index is 0.144. The number of aryl methyl sites for hydroxylation is 3. The molecule has 6 heteroatoms. The number of nitrogens with one attached hydrogen (secondary N) is 3. The molecule has 124 valence electrons. The number of benzene rings is 1. The fourth-order valence-corrected chi connectivity index (χ4v) is 3.08. The van der Waals surface area contributed by atoms with Crippen LogP contribution in [0.3, 0.4) is 0 Å². The van der Waals surface area contributed by atoms with E-state index in [1.165, 1.54) is 0 Å². The van der Waals surface area contributed by atoms with E-state index in [1.54, 1.807) is 0 Å². The number of hydrogen-bond donors (Lipinski definition) is 3. The van der Waals surface area contributed by atoms with Gasteiger partial charge < -0.3 is 15.3 Å². The van der Waals surface area contributed by atoms with Crippen molar-refractivity contribution in [2.24, 2.45) is 0 Å². The molecule has 24 heavy (non-hydrogen) atoms. The predicted molar refractivity (Wildman–Crippen MR) is 95.8 cm³/mol. The van der Waals surface area contributed by atoms with Crippen molar-refractivity contribution in [3.8, 4) is 0 Å². The molecule has 1 amide bonds. The first-order chi connectivity index (χ1) is 11.4. The van der Waals surface area contributed by atoms with Gasteiger partial charge in [0.05, 0.1) is 5.02 Å². The third kappa shape index (κ3) is 2.95. The van der Waals surface area contributed by atoms with Crippen molar-refractivity contribution in [2.75, 3.05) is 0 Å². The Balaban J connectivity index is 1.86. The fraction of sp³-hybridized carbons (Fsp3) is 0.222. The molecule has 0 atom stereocenters. The van der Waals surface area contributed by atoms with Gasteiger partial charge in [-0.2, -0.15) is 0 Å². The van der Waals surface area contributed by atoms with Crippen LogP contribution in [0.4, 0.5) is 0 Å². The highest BCUT2D eigenvalue weighted by Gasteiger charge is 2.17. The van der Waals surface area contributed by atoms with Crippen LogP contribution in [0.25, 0.3) is 10.9 Å². The van der Waals surface area contributed by atoms with Crippen LogP contribution in [0.15, 0.2) is 29.1 Å². The van der Waals surface area contributed by atoms with E-state index in [-0.39, 0.29) is 18.0 Å². The van der Waals surface area contributed by atoms with Crippen molar-refractivity contribution in [1.29, 1.82) is 0 Å². The first-order valence-corrected chi connectivity index (χ1v) is 8.00. The van der Waals surface area contributed by atoms with Crippen LogP contribution in [0, 0.1) is 20.8 Å². The molecule has 3 N–H and O–H groups in total. The summed E-state index contributed by atoms with van der Waals surface area (Å²) in [6.07, 6.45) is 0. The molecular weight excluding hydrogens is 326 g/mol. The molecule has 0 bridgehead atoms. The van der Waals surface area contributed by atoms with E-state index in [1.807, 2.05) is 45.0 Å². The van der Waals surface area contributed by atoms with E-state index in [9.17, 15) is 9.59 Å². The minimum Gasteiger partial charge on any atom is -0.349 e. The zero-order chi connectivity index (χ0) is 17.4. The van der Waals surface area contributed by atoms with Crippen molar-refractivity contribution in [2.45, 2.75) is 27.3 Å². The molecule has 1 aromatic carbocycles. The first-order valence-electron chi connectivity index (χ1n) is 7.62.